The molecule has 0 saturated heterocycles. The Morgan fingerprint density at radius 2 is 1.86 bits per heavy atom. The summed E-state index contributed by atoms with van der Waals surface area (Å²) in [6.07, 6.45) is -2.03. The molecule has 0 saturated carbocycles. The van der Waals surface area contributed by atoms with Gasteiger partial charge in [0.05, 0.1) is 0 Å². The van der Waals surface area contributed by atoms with Crippen LogP contribution in [0, 0.1) is 0 Å². The molecule has 2 aromatic rings. The maximum Gasteiger partial charge on any atom is 0.339 e. The number of carbonyl (C=O) groups is 1. The monoisotopic (exact) mass is 292 g/mol. The molecule has 1 aromatic carbocycles. The van der Waals surface area contributed by atoms with Crippen LogP contribution in [0.3, 0.4) is 0 Å². The average Bonchev–Trinajstić information content (AvgIpc) is 2.47. The lowest BCUT2D eigenvalue weighted by Gasteiger charge is -2.24. The maximum absolute atomic E-state index is 13.0. The van der Waals surface area contributed by atoms with Gasteiger partial charge in [-0.2, -0.15) is 0 Å². The second kappa shape index (κ2) is 5.55. The normalized spacial score (nSPS) is 11.7. The van der Waals surface area contributed by atoms with Crippen LogP contribution in [-0.4, -0.2) is 21.0 Å². The van der Waals surface area contributed by atoms with E-state index in [9.17, 15) is 13.6 Å². The minimum Gasteiger partial charge on any atom is -0.478 e. The van der Waals surface area contributed by atoms with Gasteiger partial charge in [-0.3, -0.25) is 0 Å². The number of alkyl halides is 2. The molecule has 6 heteroatoms. The molecule has 0 amide bonds. The second-order valence-electron chi connectivity index (χ2n) is 5.09. The lowest BCUT2D eigenvalue weighted by atomic mass is 9.83. The number of hydrogen-bond donors (Lipinski definition) is 1. The highest BCUT2D eigenvalue weighted by Gasteiger charge is 2.29. The molecule has 4 nitrogen and oxygen atoms in total. The van der Waals surface area contributed by atoms with E-state index in [4.69, 9.17) is 5.11 Å². The molecule has 1 aromatic heterocycles. The highest BCUT2D eigenvalue weighted by Crippen LogP contribution is 2.30. The van der Waals surface area contributed by atoms with E-state index in [1.54, 1.807) is 13.8 Å². The molecule has 1 N–H and O–H groups in total. The average molecular weight is 292 g/mol. The summed E-state index contributed by atoms with van der Waals surface area (Å²) in [6, 6.07) is 9.19. The van der Waals surface area contributed by atoms with E-state index in [1.807, 2.05) is 30.3 Å². The number of aromatic carboxylic acids is 1. The molecule has 0 atom stereocenters. The molecule has 110 valence electrons. The Labute approximate surface area is 120 Å². The molecule has 0 aliphatic carbocycles. The largest absolute Gasteiger partial charge is 0.478 e. The first-order valence-corrected chi connectivity index (χ1v) is 6.28. The van der Waals surface area contributed by atoms with Crippen LogP contribution >= 0.6 is 0 Å². The van der Waals surface area contributed by atoms with Crippen LogP contribution in [-0.2, 0) is 5.41 Å². The van der Waals surface area contributed by atoms with Crippen LogP contribution < -0.4 is 0 Å². The fraction of sp³-hybridized carbons (Fsp3) is 0.267. The number of rotatable bonds is 4. The van der Waals surface area contributed by atoms with Gasteiger partial charge in [0.2, 0.25) is 0 Å². The summed E-state index contributed by atoms with van der Waals surface area (Å²) >= 11 is 0. The summed E-state index contributed by atoms with van der Waals surface area (Å²) in [4.78, 5) is 18.7. The van der Waals surface area contributed by atoms with Crippen molar-refractivity contribution in [1.29, 1.82) is 0 Å². The van der Waals surface area contributed by atoms with E-state index >= 15 is 0 Å². The molecule has 0 fully saturated rings. The molecule has 0 spiro atoms. The topological polar surface area (TPSA) is 63.1 Å². The van der Waals surface area contributed by atoms with E-state index in [0.717, 1.165) is 11.8 Å². The van der Waals surface area contributed by atoms with Crippen molar-refractivity contribution in [3.8, 4) is 0 Å². The lowest BCUT2D eigenvalue weighted by molar-refractivity contribution is 0.0681. The third kappa shape index (κ3) is 2.89. The Kier molecular flexibility index (Phi) is 3.97. The Hall–Kier alpha value is -2.37. The zero-order valence-corrected chi connectivity index (χ0v) is 11.5. The fourth-order valence-corrected chi connectivity index (χ4v) is 2.01. The zero-order valence-electron chi connectivity index (χ0n) is 11.5. The van der Waals surface area contributed by atoms with Gasteiger partial charge in [-0.15, -0.1) is 0 Å². The Bertz CT molecular complexity index is 658. The smallest absolute Gasteiger partial charge is 0.339 e. The van der Waals surface area contributed by atoms with Gasteiger partial charge in [-0.05, 0) is 19.4 Å². The maximum atomic E-state index is 13.0. The molecule has 0 radical (unpaired) electrons. The lowest BCUT2D eigenvalue weighted by Crippen LogP contribution is -2.24. The van der Waals surface area contributed by atoms with Gasteiger partial charge in [-0.25, -0.2) is 23.5 Å². The summed E-state index contributed by atoms with van der Waals surface area (Å²) in [5, 5.41) is 8.91. The molecule has 0 aliphatic rings. The van der Waals surface area contributed by atoms with Crippen molar-refractivity contribution >= 4 is 5.97 Å². The molecule has 0 bridgehead atoms. The van der Waals surface area contributed by atoms with Crippen LogP contribution in [0.4, 0.5) is 8.78 Å². The standard InChI is InChI=1S/C15H14F2N2O2/c1-15(2,9-6-4-3-5-7-9)14-18-8-10(13(20)21)11(19-14)12(16)17/h3-8,12H,1-2H3,(H,20,21). The molecule has 0 aliphatic heterocycles. The van der Waals surface area contributed by atoms with Crippen molar-refractivity contribution in [2.24, 2.45) is 0 Å². The Balaban J connectivity index is 2.55. The first-order valence-electron chi connectivity index (χ1n) is 6.28. The van der Waals surface area contributed by atoms with Crippen LogP contribution in [0.2, 0.25) is 0 Å². The summed E-state index contributed by atoms with van der Waals surface area (Å²) in [5.41, 5.74) is -1.18. The number of aromatic nitrogens is 2. The minimum atomic E-state index is -2.97. The molecular formula is C15H14F2N2O2. The number of nitrogens with zero attached hydrogens (tertiary/aromatic N) is 2. The number of benzene rings is 1. The van der Waals surface area contributed by atoms with E-state index in [2.05, 4.69) is 9.97 Å². The van der Waals surface area contributed by atoms with Gasteiger partial charge >= 0.3 is 5.97 Å². The molecule has 0 unspecified atom stereocenters. The summed E-state index contributed by atoms with van der Waals surface area (Å²) in [7, 11) is 0. The first-order chi connectivity index (χ1) is 9.84. The predicted octanol–water partition coefficient (Wildman–Crippen LogP) is 3.44. The van der Waals surface area contributed by atoms with Gasteiger partial charge in [0.1, 0.15) is 17.1 Å². The van der Waals surface area contributed by atoms with E-state index in [-0.39, 0.29) is 5.82 Å². The molecule has 2 rings (SSSR count). The second-order valence-corrected chi connectivity index (χ2v) is 5.09. The zero-order chi connectivity index (χ0) is 15.6. The first kappa shape index (κ1) is 15.0. The van der Waals surface area contributed by atoms with Crippen LogP contribution in [0.25, 0.3) is 0 Å². The number of hydrogen-bond acceptors (Lipinski definition) is 3. The summed E-state index contributed by atoms with van der Waals surface area (Å²) in [5.74, 6) is -1.30. The third-order valence-corrected chi connectivity index (χ3v) is 3.31. The van der Waals surface area contributed by atoms with Crippen LogP contribution in [0.5, 0.6) is 0 Å². The van der Waals surface area contributed by atoms with E-state index < -0.39 is 29.1 Å². The SMILES string of the molecule is CC(C)(c1ccccc1)c1ncc(C(=O)O)c(C(F)F)n1. The third-order valence-electron chi connectivity index (χ3n) is 3.31. The summed E-state index contributed by atoms with van der Waals surface area (Å²) < 4.78 is 26.0. The summed E-state index contributed by atoms with van der Waals surface area (Å²) in [6.45, 7) is 3.60. The van der Waals surface area contributed by atoms with Gasteiger partial charge < -0.3 is 5.11 Å². The predicted molar refractivity (Wildman–Crippen MR) is 72.5 cm³/mol. The highest BCUT2D eigenvalue weighted by molar-refractivity contribution is 5.88. The number of carboxylic acids is 1. The Morgan fingerprint density at radius 3 is 2.38 bits per heavy atom. The number of halogens is 2. The van der Waals surface area contributed by atoms with E-state index in [1.165, 1.54) is 0 Å². The molecular weight excluding hydrogens is 278 g/mol. The van der Waals surface area contributed by atoms with Crippen molar-refractivity contribution in [1.82, 2.24) is 9.97 Å². The molecule has 1 heterocycles. The van der Waals surface area contributed by atoms with Crippen molar-refractivity contribution < 1.29 is 18.7 Å². The minimum absolute atomic E-state index is 0.161. The van der Waals surface area contributed by atoms with Crippen molar-refractivity contribution in [2.75, 3.05) is 0 Å². The quantitative estimate of drug-likeness (QED) is 0.937. The van der Waals surface area contributed by atoms with Crippen molar-refractivity contribution in [3.05, 3.63) is 59.2 Å². The van der Waals surface area contributed by atoms with Crippen molar-refractivity contribution in [3.63, 3.8) is 0 Å². The fourth-order valence-electron chi connectivity index (χ4n) is 2.01. The Morgan fingerprint density at radius 1 is 1.24 bits per heavy atom. The van der Waals surface area contributed by atoms with Gasteiger partial charge in [-0.1, -0.05) is 30.3 Å². The van der Waals surface area contributed by atoms with Crippen molar-refractivity contribution in [2.45, 2.75) is 25.7 Å². The van der Waals surface area contributed by atoms with Crippen LogP contribution in [0.1, 0.15) is 47.7 Å². The van der Waals surface area contributed by atoms with E-state index in [0.29, 0.717) is 0 Å². The molecule has 21 heavy (non-hydrogen) atoms. The van der Waals surface area contributed by atoms with Crippen LogP contribution in [0.15, 0.2) is 36.5 Å². The number of carboxylic acid groups (broad SMARTS) is 1. The van der Waals surface area contributed by atoms with Gasteiger partial charge in [0, 0.05) is 11.6 Å². The van der Waals surface area contributed by atoms with Gasteiger partial charge in [0.15, 0.2) is 0 Å². The highest BCUT2D eigenvalue weighted by atomic mass is 19.3. The van der Waals surface area contributed by atoms with Gasteiger partial charge in [0.25, 0.3) is 6.43 Å².